The van der Waals surface area contributed by atoms with Gasteiger partial charge in [0.25, 0.3) is 0 Å². The first kappa shape index (κ1) is 16.7. The number of hydrogen-bond donors (Lipinski definition) is 2. The van der Waals surface area contributed by atoms with Crippen LogP contribution in [0.15, 0.2) is 30.3 Å². The van der Waals surface area contributed by atoms with Crippen molar-refractivity contribution in [3.05, 3.63) is 35.9 Å². The molecule has 0 amide bonds. The summed E-state index contributed by atoms with van der Waals surface area (Å²) in [4.78, 5) is 11.2. The van der Waals surface area contributed by atoms with E-state index in [2.05, 4.69) is 50.4 Å². The monoisotopic (exact) mass is 277 g/mol. The molecule has 1 aromatic carbocycles. The van der Waals surface area contributed by atoms with Gasteiger partial charge in [0.1, 0.15) is 0 Å². The number of benzene rings is 1. The van der Waals surface area contributed by atoms with Crippen molar-refractivity contribution in [1.82, 2.24) is 5.32 Å². The van der Waals surface area contributed by atoms with Crippen molar-refractivity contribution in [3.63, 3.8) is 0 Å². The fourth-order valence-corrected chi connectivity index (χ4v) is 2.50. The summed E-state index contributed by atoms with van der Waals surface area (Å²) in [5.41, 5.74) is 1.32. The quantitative estimate of drug-likeness (QED) is 0.726. The van der Waals surface area contributed by atoms with E-state index in [1.165, 1.54) is 5.56 Å². The molecule has 2 N–H and O–H groups in total. The van der Waals surface area contributed by atoms with Gasteiger partial charge in [0.2, 0.25) is 0 Å². The van der Waals surface area contributed by atoms with Crippen LogP contribution in [-0.2, 0) is 4.79 Å². The molecule has 0 aliphatic heterocycles. The summed E-state index contributed by atoms with van der Waals surface area (Å²) in [7, 11) is 0. The molecule has 0 aromatic heterocycles. The van der Waals surface area contributed by atoms with Gasteiger partial charge in [-0.05, 0) is 30.2 Å². The third kappa shape index (κ3) is 5.74. The van der Waals surface area contributed by atoms with Gasteiger partial charge in [0.15, 0.2) is 0 Å². The van der Waals surface area contributed by atoms with Crippen molar-refractivity contribution in [1.29, 1.82) is 0 Å². The molecule has 0 heterocycles. The first-order valence-corrected chi connectivity index (χ1v) is 7.53. The van der Waals surface area contributed by atoms with Crippen molar-refractivity contribution in [2.24, 2.45) is 11.8 Å². The molecule has 0 saturated carbocycles. The van der Waals surface area contributed by atoms with Crippen molar-refractivity contribution in [2.45, 2.75) is 39.5 Å². The first-order chi connectivity index (χ1) is 9.54. The fourth-order valence-electron chi connectivity index (χ4n) is 2.50. The van der Waals surface area contributed by atoms with Crippen molar-refractivity contribution in [3.8, 4) is 0 Å². The van der Waals surface area contributed by atoms with E-state index in [0.29, 0.717) is 18.4 Å². The maximum absolute atomic E-state index is 11.2. The average molecular weight is 277 g/mol. The summed E-state index contributed by atoms with van der Waals surface area (Å²) in [6, 6.07) is 10.4. The lowest BCUT2D eigenvalue weighted by molar-refractivity contribution is -0.142. The molecule has 2 unspecified atom stereocenters. The summed E-state index contributed by atoms with van der Waals surface area (Å²) < 4.78 is 0. The Morgan fingerprint density at radius 2 is 1.85 bits per heavy atom. The summed E-state index contributed by atoms with van der Waals surface area (Å²) >= 11 is 0. The Morgan fingerprint density at radius 1 is 1.20 bits per heavy atom. The van der Waals surface area contributed by atoms with E-state index in [4.69, 9.17) is 0 Å². The number of carboxylic acids is 1. The minimum absolute atomic E-state index is 0.289. The molecule has 0 fully saturated rings. The van der Waals surface area contributed by atoms with E-state index in [1.807, 2.05) is 6.07 Å². The lowest BCUT2D eigenvalue weighted by atomic mass is 9.95. The van der Waals surface area contributed by atoms with Crippen molar-refractivity contribution < 1.29 is 9.90 Å². The van der Waals surface area contributed by atoms with Gasteiger partial charge >= 0.3 is 5.97 Å². The van der Waals surface area contributed by atoms with Gasteiger partial charge in [-0.15, -0.1) is 0 Å². The molecule has 0 aliphatic carbocycles. The zero-order valence-electron chi connectivity index (χ0n) is 12.8. The predicted octanol–water partition coefficient (Wildman–Crippen LogP) is 3.52. The standard InChI is InChI=1S/C17H27NO2/c1-4-14(15-8-6-5-7-9-15)11-18-12-16(17(19)20)10-13(2)3/h5-9,13-14,16,18H,4,10-12H2,1-3H3,(H,19,20). The molecule has 2 atom stereocenters. The zero-order valence-corrected chi connectivity index (χ0v) is 12.8. The maximum atomic E-state index is 11.2. The molecule has 112 valence electrons. The smallest absolute Gasteiger partial charge is 0.307 e. The van der Waals surface area contributed by atoms with Crippen LogP contribution in [0.3, 0.4) is 0 Å². The van der Waals surface area contributed by atoms with E-state index < -0.39 is 5.97 Å². The molecule has 0 radical (unpaired) electrons. The van der Waals surface area contributed by atoms with Gasteiger partial charge in [-0.25, -0.2) is 0 Å². The number of nitrogens with one attached hydrogen (secondary N) is 1. The minimum atomic E-state index is -0.695. The average Bonchev–Trinajstić information content (AvgIpc) is 2.42. The molecule has 0 bridgehead atoms. The summed E-state index contributed by atoms with van der Waals surface area (Å²) in [6.45, 7) is 7.69. The normalized spacial score (nSPS) is 14.2. The fraction of sp³-hybridized carbons (Fsp3) is 0.588. The molecular weight excluding hydrogens is 250 g/mol. The summed E-state index contributed by atoms with van der Waals surface area (Å²) in [6.07, 6.45) is 1.78. The van der Waals surface area contributed by atoms with Crippen LogP contribution >= 0.6 is 0 Å². The van der Waals surface area contributed by atoms with E-state index in [0.717, 1.165) is 19.4 Å². The highest BCUT2D eigenvalue weighted by atomic mass is 16.4. The second-order valence-electron chi connectivity index (χ2n) is 5.84. The molecule has 0 saturated heterocycles. The second-order valence-corrected chi connectivity index (χ2v) is 5.84. The third-order valence-corrected chi connectivity index (χ3v) is 3.65. The molecule has 0 aliphatic rings. The molecule has 20 heavy (non-hydrogen) atoms. The minimum Gasteiger partial charge on any atom is -0.481 e. The van der Waals surface area contributed by atoms with Gasteiger partial charge in [-0.3, -0.25) is 4.79 Å². The van der Waals surface area contributed by atoms with Crippen molar-refractivity contribution >= 4 is 5.97 Å². The number of carboxylic acid groups (broad SMARTS) is 1. The van der Waals surface area contributed by atoms with Gasteiger partial charge in [0, 0.05) is 13.1 Å². The van der Waals surface area contributed by atoms with E-state index in [9.17, 15) is 9.90 Å². The molecule has 0 spiro atoms. The Kier molecular flexibility index (Phi) is 7.31. The number of hydrogen-bond acceptors (Lipinski definition) is 2. The lowest BCUT2D eigenvalue weighted by Gasteiger charge is -2.19. The summed E-state index contributed by atoms with van der Waals surface area (Å²) in [5.74, 6) is -0.124. The zero-order chi connectivity index (χ0) is 15.0. The van der Waals surface area contributed by atoms with Crippen LogP contribution in [0.5, 0.6) is 0 Å². The predicted molar refractivity (Wildman–Crippen MR) is 82.9 cm³/mol. The third-order valence-electron chi connectivity index (χ3n) is 3.65. The largest absolute Gasteiger partial charge is 0.481 e. The lowest BCUT2D eigenvalue weighted by Crippen LogP contribution is -2.32. The molecule has 3 heteroatoms. The molecule has 1 rings (SSSR count). The van der Waals surface area contributed by atoms with Gasteiger partial charge in [0.05, 0.1) is 5.92 Å². The Morgan fingerprint density at radius 3 is 2.35 bits per heavy atom. The Balaban J connectivity index is 2.46. The van der Waals surface area contributed by atoms with Crippen LogP contribution in [0.25, 0.3) is 0 Å². The Labute approximate surface area is 122 Å². The van der Waals surface area contributed by atoms with Crippen LogP contribution in [0.4, 0.5) is 0 Å². The van der Waals surface area contributed by atoms with E-state index >= 15 is 0 Å². The van der Waals surface area contributed by atoms with Crippen LogP contribution < -0.4 is 5.32 Å². The second kappa shape index (κ2) is 8.75. The topological polar surface area (TPSA) is 49.3 Å². The van der Waals surface area contributed by atoms with E-state index in [1.54, 1.807) is 0 Å². The SMILES string of the molecule is CCC(CNCC(CC(C)C)C(=O)O)c1ccccc1. The number of rotatable bonds is 9. The maximum Gasteiger partial charge on any atom is 0.307 e. The molecule has 1 aromatic rings. The number of carbonyl (C=O) groups is 1. The highest BCUT2D eigenvalue weighted by Gasteiger charge is 2.19. The van der Waals surface area contributed by atoms with Crippen molar-refractivity contribution in [2.75, 3.05) is 13.1 Å². The Bertz CT molecular complexity index is 389. The number of aliphatic carboxylic acids is 1. The van der Waals surface area contributed by atoms with Gasteiger partial charge in [-0.2, -0.15) is 0 Å². The molecular formula is C17H27NO2. The Hall–Kier alpha value is -1.35. The van der Waals surface area contributed by atoms with Crippen LogP contribution in [-0.4, -0.2) is 24.2 Å². The highest BCUT2D eigenvalue weighted by molar-refractivity contribution is 5.70. The van der Waals surface area contributed by atoms with Crippen LogP contribution in [0, 0.1) is 11.8 Å². The highest BCUT2D eigenvalue weighted by Crippen LogP contribution is 2.18. The van der Waals surface area contributed by atoms with Crippen LogP contribution in [0.1, 0.15) is 45.1 Å². The first-order valence-electron chi connectivity index (χ1n) is 7.53. The van der Waals surface area contributed by atoms with E-state index in [-0.39, 0.29) is 5.92 Å². The van der Waals surface area contributed by atoms with Gasteiger partial charge < -0.3 is 10.4 Å². The van der Waals surface area contributed by atoms with Gasteiger partial charge in [-0.1, -0.05) is 51.1 Å². The summed E-state index contributed by atoms with van der Waals surface area (Å²) in [5, 5.41) is 12.6. The molecule has 3 nitrogen and oxygen atoms in total. The van der Waals surface area contributed by atoms with Crippen LogP contribution in [0.2, 0.25) is 0 Å².